The second-order valence-electron chi connectivity index (χ2n) is 4.23. The van der Waals surface area contributed by atoms with Crippen molar-refractivity contribution in [3.05, 3.63) is 0 Å². The molecule has 0 spiro atoms. The van der Waals surface area contributed by atoms with Gasteiger partial charge in [-0.2, -0.15) is 0 Å². The van der Waals surface area contributed by atoms with Crippen molar-refractivity contribution in [2.24, 2.45) is 5.92 Å². The molecule has 1 rings (SSSR count). The highest BCUT2D eigenvalue weighted by atomic mass is 16.4. The molecule has 0 aromatic rings. The van der Waals surface area contributed by atoms with Crippen LogP contribution in [-0.4, -0.2) is 35.5 Å². The number of nitrogens with one attached hydrogen (secondary N) is 2. The number of hydrogen-bond donors (Lipinski definition) is 3. The summed E-state index contributed by atoms with van der Waals surface area (Å²) >= 11 is 0. The highest BCUT2D eigenvalue weighted by Crippen LogP contribution is 2.08. The van der Waals surface area contributed by atoms with Gasteiger partial charge in [-0.05, 0) is 12.8 Å². The van der Waals surface area contributed by atoms with E-state index in [1.165, 1.54) is 0 Å². The van der Waals surface area contributed by atoms with E-state index < -0.39 is 17.9 Å². The van der Waals surface area contributed by atoms with Gasteiger partial charge in [0.05, 0.1) is 5.92 Å². The third kappa shape index (κ3) is 4.05. The van der Waals surface area contributed by atoms with Crippen LogP contribution in [0.25, 0.3) is 0 Å². The minimum absolute atomic E-state index is 0.119. The third-order valence-electron chi connectivity index (χ3n) is 2.82. The summed E-state index contributed by atoms with van der Waals surface area (Å²) in [5.74, 6) is -1.88. The Balaban J connectivity index is 2.35. The SMILES string of the molecule is CCCC(CNC(=O)[C@H]1CCC(=O)N1)C(=O)O. The number of aliphatic carboxylic acids is 1. The standard InChI is InChI=1S/C11H18N2O4/c1-2-3-7(11(16)17)6-12-10(15)8-4-5-9(14)13-8/h7-8H,2-6H2,1H3,(H,12,15)(H,13,14)(H,16,17)/t7?,8-/m1/s1. The first-order valence-corrected chi connectivity index (χ1v) is 5.84. The zero-order chi connectivity index (χ0) is 12.8. The quantitative estimate of drug-likeness (QED) is 0.605. The molecule has 0 saturated carbocycles. The average Bonchev–Trinajstić information content (AvgIpc) is 2.70. The Bertz CT molecular complexity index is 317. The summed E-state index contributed by atoms with van der Waals surface area (Å²) in [6.07, 6.45) is 2.13. The van der Waals surface area contributed by atoms with Crippen molar-refractivity contribution in [3.63, 3.8) is 0 Å². The van der Waals surface area contributed by atoms with Gasteiger partial charge in [0.2, 0.25) is 11.8 Å². The predicted octanol–water partition coefficient (Wildman–Crippen LogP) is -0.118. The molecular formula is C11H18N2O4. The number of hydrogen-bond acceptors (Lipinski definition) is 3. The van der Waals surface area contributed by atoms with Gasteiger partial charge in [-0.3, -0.25) is 14.4 Å². The predicted molar refractivity (Wildman–Crippen MR) is 60.2 cm³/mol. The second kappa shape index (κ2) is 6.22. The molecule has 1 aliphatic heterocycles. The van der Waals surface area contributed by atoms with Crippen LogP contribution in [0.15, 0.2) is 0 Å². The Morgan fingerprint density at radius 3 is 2.76 bits per heavy atom. The molecular weight excluding hydrogens is 224 g/mol. The van der Waals surface area contributed by atoms with E-state index in [2.05, 4.69) is 10.6 Å². The highest BCUT2D eigenvalue weighted by molar-refractivity contribution is 5.90. The first-order valence-electron chi connectivity index (χ1n) is 5.84. The number of carboxylic acids is 1. The van der Waals surface area contributed by atoms with Crippen LogP contribution in [0.5, 0.6) is 0 Å². The van der Waals surface area contributed by atoms with E-state index in [1.54, 1.807) is 0 Å². The molecule has 1 fully saturated rings. The normalized spacial score (nSPS) is 20.8. The van der Waals surface area contributed by atoms with Gasteiger partial charge in [0.25, 0.3) is 0 Å². The molecule has 3 N–H and O–H groups in total. The molecule has 1 saturated heterocycles. The largest absolute Gasteiger partial charge is 0.481 e. The maximum Gasteiger partial charge on any atom is 0.308 e. The maximum absolute atomic E-state index is 11.6. The summed E-state index contributed by atoms with van der Waals surface area (Å²) in [5, 5.41) is 14.0. The molecule has 0 aromatic heterocycles. The van der Waals surface area contributed by atoms with Crippen molar-refractivity contribution < 1.29 is 19.5 Å². The zero-order valence-electron chi connectivity index (χ0n) is 9.86. The molecule has 0 bridgehead atoms. The average molecular weight is 242 g/mol. The molecule has 1 aliphatic rings. The molecule has 96 valence electrons. The van der Waals surface area contributed by atoms with Crippen LogP contribution in [0.2, 0.25) is 0 Å². The first-order chi connectivity index (χ1) is 8.04. The summed E-state index contributed by atoms with van der Waals surface area (Å²) in [7, 11) is 0. The van der Waals surface area contributed by atoms with Crippen LogP contribution in [0.3, 0.4) is 0 Å². The number of rotatable bonds is 6. The van der Waals surface area contributed by atoms with E-state index >= 15 is 0 Å². The van der Waals surface area contributed by atoms with Gasteiger partial charge in [-0.25, -0.2) is 0 Å². The van der Waals surface area contributed by atoms with Crippen LogP contribution >= 0.6 is 0 Å². The van der Waals surface area contributed by atoms with Crippen LogP contribution < -0.4 is 10.6 Å². The van der Waals surface area contributed by atoms with Crippen LogP contribution in [0.1, 0.15) is 32.6 Å². The van der Waals surface area contributed by atoms with Crippen molar-refractivity contribution in [1.82, 2.24) is 10.6 Å². The lowest BCUT2D eigenvalue weighted by Crippen LogP contribution is -2.44. The maximum atomic E-state index is 11.6. The summed E-state index contributed by atoms with van der Waals surface area (Å²) in [5.41, 5.74) is 0. The van der Waals surface area contributed by atoms with Crippen molar-refractivity contribution in [2.75, 3.05) is 6.54 Å². The van der Waals surface area contributed by atoms with Crippen molar-refractivity contribution in [1.29, 1.82) is 0 Å². The summed E-state index contributed by atoms with van der Waals surface area (Å²) in [6, 6.07) is -0.501. The summed E-state index contributed by atoms with van der Waals surface area (Å²) < 4.78 is 0. The van der Waals surface area contributed by atoms with E-state index in [1.807, 2.05) is 6.92 Å². The van der Waals surface area contributed by atoms with Crippen molar-refractivity contribution in [3.8, 4) is 0 Å². The lowest BCUT2D eigenvalue weighted by atomic mass is 10.0. The summed E-state index contributed by atoms with van der Waals surface area (Å²) in [4.78, 5) is 33.4. The molecule has 6 heteroatoms. The molecule has 0 radical (unpaired) electrons. The highest BCUT2D eigenvalue weighted by Gasteiger charge is 2.27. The zero-order valence-corrected chi connectivity index (χ0v) is 9.86. The van der Waals surface area contributed by atoms with Crippen LogP contribution in [0.4, 0.5) is 0 Å². The smallest absolute Gasteiger partial charge is 0.308 e. The van der Waals surface area contributed by atoms with E-state index in [9.17, 15) is 14.4 Å². The monoisotopic (exact) mass is 242 g/mol. The lowest BCUT2D eigenvalue weighted by molar-refractivity contribution is -0.142. The van der Waals surface area contributed by atoms with Gasteiger partial charge in [-0.1, -0.05) is 13.3 Å². The Hall–Kier alpha value is -1.59. The number of carbonyl (C=O) groups is 3. The topological polar surface area (TPSA) is 95.5 Å². The van der Waals surface area contributed by atoms with Gasteiger partial charge in [0.15, 0.2) is 0 Å². The Kier molecular flexibility index (Phi) is 4.93. The molecule has 0 aromatic carbocycles. The molecule has 6 nitrogen and oxygen atoms in total. The van der Waals surface area contributed by atoms with E-state index in [4.69, 9.17) is 5.11 Å². The minimum Gasteiger partial charge on any atom is -0.481 e. The Labute approximate surface area is 99.8 Å². The molecule has 0 aliphatic carbocycles. The fourth-order valence-electron chi connectivity index (χ4n) is 1.82. The van der Waals surface area contributed by atoms with Gasteiger partial charge >= 0.3 is 5.97 Å². The van der Waals surface area contributed by atoms with Crippen LogP contribution in [-0.2, 0) is 14.4 Å². The van der Waals surface area contributed by atoms with Gasteiger partial charge in [0, 0.05) is 13.0 Å². The molecule has 17 heavy (non-hydrogen) atoms. The number of carboxylic acid groups (broad SMARTS) is 1. The minimum atomic E-state index is -0.900. The van der Waals surface area contributed by atoms with E-state index in [-0.39, 0.29) is 18.4 Å². The van der Waals surface area contributed by atoms with Crippen molar-refractivity contribution >= 4 is 17.8 Å². The lowest BCUT2D eigenvalue weighted by Gasteiger charge is -2.15. The van der Waals surface area contributed by atoms with Crippen LogP contribution in [0, 0.1) is 5.92 Å². The van der Waals surface area contributed by atoms with E-state index in [0.717, 1.165) is 6.42 Å². The Morgan fingerprint density at radius 2 is 2.29 bits per heavy atom. The Morgan fingerprint density at radius 1 is 1.59 bits per heavy atom. The fourth-order valence-corrected chi connectivity index (χ4v) is 1.82. The molecule has 1 heterocycles. The number of amides is 2. The number of carbonyl (C=O) groups excluding carboxylic acids is 2. The van der Waals surface area contributed by atoms with Gasteiger partial charge in [-0.15, -0.1) is 0 Å². The van der Waals surface area contributed by atoms with E-state index in [0.29, 0.717) is 19.3 Å². The molecule has 2 atom stereocenters. The second-order valence-corrected chi connectivity index (χ2v) is 4.23. The fraction of sp³-hybridized carbons (Fsp3) is 0.727. The van der Waals surface area contributed by atoms with Gasteiger partial charge in [0.1, 0.15) is 6.04 Å². The van der Waals surface area contributed by atoms with Gasteiger partial charge < -0.3 is 15.7 Å². The summed E-state index contributed by atoms with van der Waals surface area (Å²) in [6.45, 7) is 2.02. The third-order valence-corrected chi connectivity index (χ3v) is 2.82. The first kappa shape index (κ1) is 13.5. The molecule has 2 amide bonds. The molecule has 1 unspecified atom stereocenters. The van der Waals surface area contributed by atoms with Crippen molar-refractivity contribution in [2.45, 2.75) is 38.6 Å².